The smallest absolute Gasteiger partial charge is 0.273 e. The van der Waals surface area contributed by atoms with E-state index in [1.165, 1.54) is 6.33 Å². The Morgan fingerprint density at radius 1 is 1.10 bits per heavy atom. The molecular formula is C17H13Cl2N9O. The van der Waals surface area contributed by atoms with Gasteiger partial charge in [0.1, 0.15) is 23.7 Å². The van der Waals surface area contributed by atoms with E-state index >= 15 is 0 Å². The molecule has 0 spiro atoms. The van der Waals surface area contributed by atoms with E-state index in [0.717, 1.165) is 16.3 Å². The minimum atomic E-state index is -0.767. The van der Waals surface area contributed by atoms with Crippen LogP contribution in [0.15, 0.2) is 42.9 Å². The number of carbonyl (C=O) groups excluding carboxylic acids is 1. The van der Waals surface area contributed by atoms with E-state index in [-0.39, 0.29) is 11.5 Å². The number of carbonyl (C=O) groups is 1. The van der Waals surface area contributed by atoms with Crippen molar-refractivity contribution in [2.24, 2.45) is 5.73 Å². The Labute approximate surface area is 174 Å². The molecule has 29 heavy (non-hydrogen) atoms. The molecule has 3 aromatic heterocycles. The van der Waals surface area contributed by atoms with Crippen molar-refractivity contribution < 1.29 is 4.79 Å². The molecule has 1 aromatic carbocycles. The minimum absolute atomic E-state index is 0.0843. The fraction of sp³-hybridized carbons (Fsp3) is 0.0588. The van der Waals surface area contributed by atoms with Crippen LogP contribution < -0.4 is 11.1 Å². The van der Waals surface area contributed by atoms with Crippen LogP contribution in [0, 0.1) is 6.92 Å². The summed E-state index contributed by atoms with van der Waals surface area (Å²) in [6.45, 7) is 1.83. The maximum atomic E-state index is 11.8. The average molecular weight is 430 g/mol. The first kappa shape index (κ1) is 18.8. The van der Waals surface area contributed by atoms with Gasteiger partial charge in [0, 0.05) is 0 Å². The molecule has 3 heterocycles. The quantitative estimate of drug-likeness (QED) is 0.498. The molecule has 1 amide bonds. The van der Waals surface area contributed by atoms with Crippen molar-refractivity contribution >= 4 is 40.7 Å². The lowest BCUT2D eigenvalue weighted by molar-refractivity contribution is 0.0996. The monoisotopic (exact) mass is 429 g/mol. The third kappa shape index (κ3) is 3.62. The van der Waals surface area contributed by atoms with Gasteiger partial charge in [-0.15, -0.1) is 15.0 Å². The number of hydrogen-bond acceptors (Lipinski definition) is 7. The number of hydrogen-bond donors (Lipinski definition) is 2. The van der Waals surface area contributed by atoms with Crippen molar-refractivity contribution in [3.63, 3.8) is 0 Å². The molecule has 0 saturated heterocycles. The van der Waals surface area contributed by atoms with Crippen molar-refractivity contribution in [3.05, 3.63) is 64.4 Å². The SMILES string of the molecule is Cc1ncnn1-c1ccc(Nc2nn(-c3c(Cl)cccc3Cl)nc2C(N)=O)nc1. The zero-order chi connectivity index (χ0) is 20.5. The van der Waals surface area contributed by atoms with E-state index in [1.807, 2.05) is 6.92 Å². The predicted octanol–water partition coefficient (Wildman–Crippen LogP) is 2.70. The van der Waals surface area contributed by atoms with Crippen molar-refractivity contribution in [2.45, 2.75) is 6.92 Å². The highest BCUT2D eigenvalue weighted by atomic mass is 35.5. The number of nitrogens with two attached hydrogens (primary N) is 1. The van der Waals surface area contributed by atoms with Crippen LogP contribution >= 0.6 is 23.2 Å². The van der Waals surface area contributed by atoms with Crippen molar-refractivity contribution in [1.82, 2.24) is 34.7 Å². The van der Waals surface area contributed by atoms with Crippen LogP contribution in [0.3, 0.4) is 0 Å². The third-order valence-corrected chi connectivity index (χ3v) is 4.55. The van der Waals surface area contributed by atoms with Crippen LogP contribution in [-0.4, -0.2) is 40.6 Å². The Bertz CT molecular complexity index is 1180. The van der Waals surface area contributed by atoms with Gasteiger partial charge in [0.2, 0.25) is 0 Å². The van der Waals surface area contributed by atoms with Gasteiger partial charge < -0.3 is 11.1 Å². The predicted molar refractivity (Wildman–Crippen MR) is 107 cm³/mol. The molecule has 4 aromatic rings. The molecule has 0 aliphatic carbocycles. The van der Waals surface area contributed by atoms with Crippen LogP contribution in [0.5, 0.6) is 0 Å². The number of para-hydroxylation sites is 1. The second-order valence-corrected chi connectivity index (χ2v) is 6.68. The zero-order valence-electron chi connectivity index (χ0n) is 14.9. The Morgan fingerprint density at radius 2 is 1.86 bits per heavy atom. The largest absolute Gasteiger partial charge is 0.364 e. The molecule has 12 heteroatoms. The summed E-state index contributed by atoms with van der Waals surface area (Å²) in [7, 11) is 0. The van der Waals surface area contributed by atoms with Gasteiger partial charge in [0.25, 0.3) is 5.91 Å². The Morgan fingerprint density at radius 3 is 2.45 bits per heavy atom. The molecule has 4 rings (SSSR count). The zero-order valence-corrected chi connectivity index (χ0v) is 16.4. The summed E-state index contributed by atoms with van der Waals surface area (Å²) >= 11 is 12.4. The second kappa shape index (κ2) is 7.49. The van der Waals surface area contributed by atoms with E-state index < -0.39 is 5.91 Å². The normalized spacial score (nSPS) is 10.9. The highest BCUT2D eigenvalue weighted by Gasteiger charge is 2.20. The molecular weight excluding hydrogens is 417 g/mol. The summed E-state index contributed by atoms with van der Waals surface area (Å²) in [6.07, 6.45) is 3.06. The number of nitrogens with one attached hydrogen (secondary N) is 1. The van der Waals surface area contributed by atoms with E-state index in [9.17, 15) is 4.79 Å². The lowest BCUT2D eigenvalue weighted by atomic mass is 10.3. The lowest BCUT2D eigenvalue weighted by Crippen LogP contribution is -2.14. The minimum Gasteiger partial charge on any atom is -0.364 e. The summed E-state index contributed by atoms with van der Waals surface area (Å²) in [5, 5.41) is 16.1. The summed E-state index contributed by atoms with van der Waals surface area (Å²) in [5.74, 6) is 0.497. The first-order chi connectivity index (χ1) is 13.9. The number of primary amides is 1. The van der Waals surface area contributed by atoms with Crippen molar-refractivity contribution in [2.75, 3.05) is 5.32 Å². The summed E-state index contributed by atoms with van der Waals surface area (Å²) in [4.78, 5) is 21.4. The van der Waals surface area contributed by atoms with E-state index in [0.29, 0.717) is 21.6 Å². The molecule has 146 valence electrons. The fourth-order valence-corrected chi connectivity index (χ4v) is 3.14. The molecule has 0 aliphatic heterocycles. The number of halogens is 2. The molecule has 0 aliphatic rings. The molecule has 10 nitrogen and oxygen atoms in total. The average Bonchev–Trinajstić information content (AvgIpc) is 3.29. The number of amides is 1. The van der Waals surface area contributed by atoms with Gasteiger partial charge in [-0.2, -0.15) is 5.10 Å². The maximum absolute atomic E-state index is 11.8. The molecule has 0 radical (unpaired) electrons. The first-order valence-electron chi connectivity index (χ1n) is 8.25. The van der Waals surface area contributed by atoms with Crippen LogP contribution in [-0.2, 0) is 0 Å². The number of rotatable bonds is 5. The molecule has 0 atom stereocenters. The van der Waals surface area contributed by atoms with E-state index in [1.54, 1.807) is 41.2 Å². The van der Waals surface area contributed by atoms with E-state index in [2.05, 4.69) is 30.6 Å². The van der Waals surface area contributed by atoms with Gasteiger partial charge in [-0.1, -0.05) is 29.3 Å². The summed E-state index contributed by atoms with van der Waals surface area (Å²) in [6, 6.07) is 8.44. The Hall–Kier alpha value is -3.50. The lowest BCUT2D eigenvalue weighted by Gasteiger charge is -2.06. The van der Waals surface area contributed by atoms with Gasteiger partial charge in [0.05, 0.1) is 21.9 Å². The Balaban J connectivity index is 1.67. The summed E-state index contributed by atoms with van der Waals surface area (Å²) in [5.41, 5.74) is 6.42. The molecule has 3 N–H and O–H groups in total. The van der Waals surface area contributed by atoms with Gasteiger partial charge >= 0.3 is 0 Å². The first-order valence-corrected chi connectivity index (χ1v) is 9.01. The number of aromatic nitrogens is 7. The third-order valence-electron chi connectivity index (χ3n) is 3.94. The van der Waals surface area contributed by atoms with Crippen molar-refractivity contribution in [3.8, 4) is 11.4 Å². The molecule has 0 saturated carbocycles. The highest BCUT2D eigenvalue weighted by molar-refractivity contribution is 6.37. The number of aryl methyl sites for hydroxylation is 1. The van der Waals surface area contributed by atoms with Crippen LogP contribution in [0.4, 0.5) is 11.6 Å². The second-order valence-electron chi connectivity index (χ2n) is 5.87. The molecule has 0 bridgehead atoms. The number of nitrogens with zero attached hydrogens (tertiary/aromatic N) is 7. The molecule has 0 unspecified atom stereocenters. The summed E-state index contributed by atoms with van der Waals surface area (Å²) < 4.78 is 1.64. The topological polar surface area (TPSA) is 129 Å². The van der Waals surface area contributed by atoms with Crippen molar-refractivity contribution in [1.29, 1.82) is 0 Å². The fourth-order valence-electron chi connectivity index (χ4n) is 2.60. The van der Waals surface area contributed by atoms with Gasteiger partial charge in [-0.05, 0) is 31.2 Å². The number of pyridine rings is 1. The van der Waals surface area contributed by atoms with Gasteiger partial charge in [-0.25, -0.2) is 14.6 Å². The maximum Gasteiger partial charge on any atom is 0.273 e. The van der Waals surface area contributed by atoms with E-state index in [4.69, 9.17) is 28.9 Å². The van der Waals surface area contributed by atoms with Crippen LogP contribution in [0.25, 0.3) is 11.4 Å². The standard InChI is InChI=1S/C17H13Cl2N9O/c1-9-22-8-23-27(9)10-5-6-13(21-7-10)24-17-14(16(20)29)25-28(26-17)15-11(18)3-2-4-12(15)19/h2-8H,1H3,(H2,20,29)(H,21,24,26). The van der Waals surface area contributed by atoms with Gasteiger partial charge in [0.15, 0.2) is 11.5 Å². The van der Waals surface area contributed by atoms with Crippen LogP contribution in [0.2, 0.25) is 10.0 Å². The number of benzene rings is 1. The van der Waals surface area contributed by atoms with Gasteiger partial charge in [-0.3, -0.25) is 4.79 Å². The molecule has 0 fully saturated rings. The number of anilines is 2. The van der Waals surface area contributed by atoms with Crippen LogP contribution in [0.1, 0.15) is 16.3 Å². The Kier molecular flexibility index (Phi) is 4.87. The highest BCUT2D eigenvalue weighted by Crippen LogP contribution is 2.28.